The number of hydrogen-bond acceptors (Lipinski definition) is 6. The van der Waals surface area contributed by atoms with E-state index in [1.807, 2.05) is 0 Å². The second-order valence-electron chi connectivity index (χ2n) is 2.09. The van der Waals surface area contributed by atoms with Crippen molar-refractivity contribution >= 4 is 17.7 Å². The van der Waals surface area contributed by atoms with Crippen LogP contribution in [0.1, 0.15) is 0 Å². The molecule has 0 amide bonds. The van der Waals surface area contributed by atoms with Gasteiger partial charge in [0, 0.05) is 0 Å². The van der Waals surface area contributed by atoms with E-state index in [4.69, 9.17) is 11.5 Å². The van der Waals surface area contributed by atoms with Gasteiger partial charge in [-0.3, -0.25) is 0 Å². The van der Waals surface area contributed by atoms with Crippen molar-refractivity contribution in [1.29, 1.82) is 0 Å². The molecule has 0 radical (unpaired) electrons. The Bertz CT molecular complexity index is 451. The summed E-state index contributed by atoms with van der Waals surface area (Å²) >= 11 is 0. The van der Waals surface area contributed by atoms with E-state index < -0.39 is 0 Å². The van der Waals surface area contributed by atoms with Gasteiger partial charge in [0.25, 0.3) is 11.7 Å². The van der Waals surface area contributed by atoms with Gasteiger partial charge in [-0.2, -0.15) is 9.51 Å². The van der Waals surface area contributed by atoms with Crippen LogP contribution in [0.25, 0.3) is 5.78 Å². The average Bonchev–Trinajstić information content (AvgIpc) is 2.48. The zero-order valence-electron chi connectivity index (χ0n) is 6.36. The van der Waals surface area contributed by atoms with E-state index in [0.717, 1.165) is 0 Å². The van der Waals surface area contributed by atoms with Gasteiger partial charge in [-0.05, 0) is 0 Å². The number of hydrogen-bond donors (Lipinski definition) is 2. The Hall–Kier alpha value is -2.32. The fourth-order valence-corrected chi connectivity index (χ4v) is 0.767. The Morgan fingerprint density at radius 2 is 2.15 bits per heavy atom. The molecule has 0 saturated heterocycles. The maximum atomic E-state index is 5.16. The quantitative estimate of drug-likeness (QED) is 0.375. The van der Waals surface area contributed by atoms with Gasteiger partial charge in [-0.15, -0.1) is 25.5 Å². The lowest BCUT2D eigenvalue weighted by Gasteiger charge is -1.90. The Labute approximate surface area is 71.5 Å². The Morgan fingerprint density at radius 3 is 2.92 bits per heavy atom. The van der Waals surface area contributed by atoms with E-state index in [0.29, 0.717) is 0 Å². The summed E-state index contributed by atoms with van der Waals surface area (Å²) in [5.74, 6) is 0.292. The number of guanidine groups is 1. The highest BCUT2D eigenvalue weighted by atomic mass is 15.5. The third kappa shape index (κ3) is 1.21. The van der Waals surface area contributed by atoms with Gasteiger partial charge in [0.2, 0.25) is 0 Å². The molecule has 9 heteroatoms. The lowest BCUT2D eigenvalue weighted by Crippen LogP contribution is -2.22. The summed E-state index contributed by atoms with van der Waals surface area (Å²) in [4.78, 5) is 3.68. The van der Waals surface area contributed by atoms with E-state index >= 15 is 0 Å². The predicted octanol–water partition coefficient (Wildman–Crippen LogP) is -2.18. The zero-order chi connectivity index (χ0) is 9.26. The normalized spacial score (nSPS) is 10.2. The van der Waals surface area contributed by atoms with E-state index in [2.05, 4.69) is 30.5 Å². The minimum atomic E-state index is -0.118. The zero-order valence-corrected chi connectivity index (χ0v) is 6.36. The molecule has 0 aliphatic heterocycles. The fraction of sp³-hybridized carbons (Fsp3) is 0. The maximum absolute atomic E-state index is 5.16. The maximum Gasteiger partial charge on any atom is 0.292 e. The molecule has 2 rings (SSSR count). The molecule has 2 aromatic rings. The SMILES string of the molecule is NC(N)=Nc1nnc2nncnn12. The first-order valence-corrected chi connectivity index (χ1v) is 3.26. The molecular weight excluding hydrogens is 174 g/mol. The first-order valence-electron chi connectivity index (χ1n) is 3.26. The first kappa shape index (κ1) is 7.34. The van der Waals surface area contributed by atoms with Gasteiger partial charge in [0.15, 0.2) is 12.3 Å². The first-order chi connectivity index (χ1) is 6.27. The summed E-state index contributed by atoms with van der Waals surface area (Å²) in [5.41, 5.74) is 10.3. The van der Waals surface area contributed by atoms with Gasteiger partial charge in [0.1, 0.15) is 0 Å². The number of nitrogens with zero attached hydrogens (tertiary/aromatic N) is 7. The molecule has 4 N–H and O–H groups in total. The molecule has 0 bridgehead atoms. The Kier molecular flexibility index (Phi) is 1.48. The van der Waals surface area contributed by atoms with Crippen molar-refractivity contribution in [2.75, 3.05) is 0 Å². The minimum absolute atomic E-state index is 0.118. The van der Waals surface area contributed by atoms with Crippen LogP contribution in [-0.4, -0.2) is 36.0 Å². The molecule has 0 aromatic carbocycles. The highest BCUT2D eigenvalue weighted by molar-refractivity contribution is 5.78. The average molecular weight is 179 g/mol. The van der Waals surface area contributed by atoms with Gasteiger partial charge in [-0.1, -0.05) is 0 Å². The molecule has 0 unspecified atom stereocenters. The van der Waals surface area contributed by atoms with Crippen LogP contribution in [-0.2, 0) is 0 Å². The van der Waals surface area contributed by atoms with Crippen molar-refractivity contribution < 1.29 is 0 Å². The largest absolute Gasteiger partial charge is 0.370 e. The second-order valence-corrected chi connectivity index (χ2v) is 2.09. The van der Waals surface area contributed by atoms with Crippen LogP contribution in [0, 0.1) is 0 Å². The Morgan fingerprint density at radius 1 is 1.31 bits per heavy atom. The van der Waals surface area contributed by atoms with Gasteiger partial charge >= 0.3 is 0 Å². The molecule has 0 aliphatic rings. The molecule has 0 aliphatic carbocycles. The van der Waals surface area contributed by atoms with Crippen LogP contribution in [0.2, 0.25) is 0 Å². The van der Waals surface area contributed by atoms with Crippen molar-refractivity contribution in [3.8, 4) is 0 Å². The number of aliphatic imine (C=N–C) groups is 1. The van der Waals surface area contributed by atoms with Crippen LogP contribution in [0.4, 0.5) is 5.95 Å². The standard InChI is InChI=1S/C4H5N9/c5-2(6)9-3-11-12-4-10-7-1-8-13(3)4/h1H,(H4,5,6,9,11). The summed E-state index contributed by atoms with van der Waals surface area (Å²) < 4.78 is 1.27. The molecule has 66 valence electrons. The summed E-state index contributed by atoms with van der Waals surface area (Å²) in [6, 6.07) is 0. The topological polar surface area (TPSA) is 133 Å². The van der Waals surface area contributed by atoms with Gasteiger partial charge in [0.05, 0.1) is 0 Å². The van der Waals surface area contributed by atoms with Crippen LogP contribution < -0.4 is 11.5 Å². The second kappa shape index (κ2) is 2.62. The molecule has 2 aromatic heterocycles. The monoisotopic (exact) mass is 179 g/mol. The van der Waals surface area contributed by atoms with Crippen molar-refractivity contribution in [2.45, 2.75) is 0 Å². The summed E-state index contributed by atoms with van der Waals surface area (Å²) in [6.45, 7) is 0. The van der Waals surface area contributed by atoms with E-state index in [-0.39, 0.29) is 17.7 Å². The lowest BCUT2D eigenvalue weighted by molar-refractivity contribution is 0.825. The highest BCUT2D eigenvalue weighted by Gasteiger charge is 2.05. The fourth-order valence-electron chi connectivity index (χ4n) is 0.767. The molecule has 0 spiro atoms. The number of rotatable bonds is 1. The smallest absolute Gasteiger partial charge is 0.292 e. The van der Waals surface area contributed by atoms with E-state index in [1.165, 1.54) is 10.8 Å². The summed E-state index contributed by atoms with van der Waals surface area (Å²) in [6.07, 6.45) is 1.24. The number of fused-ring (bicyclic) bond motifs is 1. The summed E-state index contributed by atoms with van der Waals surface area (Å²) in [5, 5.41) is 18.2. The van der Waals surface area contributed by atoms with Gasteiger partial charge < -0.3 is 11.5 Å². The van der Waals surface area contributed by atoms with Crippen molar-refractivity contribution in [3.63, 3.8) is 0 Å². The van der Waals surface area contributed by atoms with Crippen LogP contribution in [0.15, 0.2) is 11.3 Å². The van der Waals surface area contributed by atoms with Crippen molar-refractivity contribution in [2.24, 2.45) is 16.5 Å². The van der Waals surface area contributed by atoms with E-state index in [1.54, 1.807) is 0 Å². The molecule has 13 heavy (non-hydrogen) atoms. The molecule has 2 heterocycles. The molecule has 0 saturated carbocycles. The number of nitrogens with two attached hydrogens (primary N) is 2. The van der Waals surface area contributed by atoms with Crippen LogP contribution in [0.3, 0.4) is 0 Å². The number of aromatic nitrogens is 6. The molecule has 0 atom stereocenters. The van der Waals surface area contributed by atoms with Crippen molar-refractivity contribution in [1.82, 2.24) is 30.0 Å². The molecule has 9 nitrogen and oxygen atoms in total. The molecule has 0 fully saturated rings. The van der Waals surface area contributed by atoms with Gasteiger partial charge in [-0.25, -0.2) is 0 Å². The highest BCUT2D eigenvalue weighted by Crippen LogP contribution is 2.04. The Balaban J connectivity index is 2.65. The minimum Gasteiger partial charge on any atom is -0.370 e. The van der Waals surface area contributed by atoms with Crippen molar-refractivity contribution in [3.05, 3.63) is 6.33 Å². The third-order valence-corrected chi connectivity index (χ3v) is 1.20. The third-order valence-electron chi connectivity index (χ3n) is 1.20. The molecular formula is C4H5N9. The predicted molar refractivity (Wildman–Crippen MR) is 41.8 cm³/mol. The lowest BCUT2D eigenvalue weighted by atomic mass is 10.9. The van der Waals surface area contributed by atoms with Crippen LogP contribution in [0.5, 0.6) is 0 Å². The van der Waals surface area contributed by atoms with Crippen LogP contribution >= 0.6 is 0 Å². The summed E-state index contributed by atoms with van der Waals surface area (Å²) in [7, 11) is 0. The van der Waals surface area contributed by atoms with E-state index in [9.17, 15) is 0 Å².